The van der Waals surface area contributed by atoms with E-state index >= 15 is 0 Å². The summed E-state index contributed by atoms with van der Waals surface area (Å²) < 4.78 is 0. The zero-order valence-electron chi connectivity index (χ0n) is 9.49. The molecule has 1 heterocycles. The summed E-state index contributed by atoms with van der Waals surface area (Å²) in [5, 5.41) is 3.30. The molecule has 0 spiro atoms. The number of hydrogen-bond donors (Lipinski definition) is 2. The zero-order valence-corrected chi connectivity index (χ0v) is 10.3. The highest BCUT2D eigenvalue weighted by Gasteiger charge is 2.47. The average Bonchev–Trinajstić information content (AvgIpc) is 2.43. The van der Waals surface area contributed by atoms with Crippen molar-refractivity contribution in [3.63, 3.8) is 0 Å². The van der Waals surface area contributed by atoms with Gasteiger partial charge in [-0.2, -0.15) is 16.8 Å². The lowest BCUT2D eigenvalue weighted by atomic mass is 10.00. The predicted octanol–water partition coefficient (Wildman–Crippen LogP) is 0.101. The third kappa shape index (κ3) is 2.29. The summed E-state index contributed by atoms with van der Waals surface area (Å²) >= 11 is 1.32. The van der Waals surface area contributed by atoms with E-state index in [1.165, 1.54) is 11.8 Å². The smallest absolute Gasteiger partial charge is 0.322 e. The highest BCUT2D eigenvalue weighted by atomic mass is 32.2. The molecule has 1 rings (SSSR count). The van der Waals surface area contributed by atoms with Gasteiger partial charge in [0.1, 0.15) is 5.54 Å². The number of thioether (sulfide) groups is 1. The second-order valence-electron chi connectivity index (χ2n) is 3.72. The fraction of sp³-hybridized carbons (Fsp3) is 0.667. The SMILES string of the molecule is CCC1(C)NC(=O)N(NC(=O)CSC)C1=O. The molecule has 2 N–H and O–H groups in total. The van der Waals surface area contributed by atoms with Gasteiger partial charge in [-0.15, -0.1) is 0 Å². The van der Waals surface area contributed by atoms with E-state index in [9.17, 15) is 14.4 Å². The Balaban J connectivity index is 2.72. The summed E-state index contributed by atoms with van der Waals surface area (Å²) in [6.07, 6.45) is 2.24. The van der Waals surface area contributed by atoms with Crippen molar-refractivity contribution in [2.75, 3.05) is 12.0 Å². The first-order chi connectivity index (χ1) is 7.44. The summed E-state index contributed by atoms with van der Waals surface area (Å²) in [6, 6.07) is -0.580. The molecule has 1 unspecified atom stereocenters. The Morgan fingerprint density at radius 2 is 2.19 bits per heavy atom. The van der Waals surface area contributed by atoms with Crippen LogP contribution in [0, 0.1) is 0 Å². The van der Waals surface area contributed by atoms with Gasteiger partial charge < -0.3 is 5.32 Å². The van der Waals surface area contributed by atoms with E-state index < -0.39 is 17.5 Å². The van der Waals surface area contributed by atoms with E-state index in [2.05, 4.69) is 10.7 Å². The summed E-state index contributed by atoms with van der Waals surface area (Å²) in [6.45, 7) is 3.43. The van der Waals surface area contributed by atoms with Gasteiger partial charge in [0.2, 0.25) is 5.91 Å². The van der Waals surface area contributed by atoms with Crippen LogP contribution in [0.15, 0.2) is 0 Å². The third-order valence-electron chi connectivity index (χ3n) is 2.48. The molecule has 0 aromatic heterocycles. The minimum atomic E-state index is -0.913. The molecule has 1 saturated heterocycles. The van der Waals surface area contributed by atoms with Crippen LogP contribution in [0.5, 0.6) is 0 Å². The van der Waals surface area contributed by atoms with E-state index in [4.69, 9.17) is 0 Å². The molecule has 4 amide bonds. The van der Waals surface area contributed by atoms with Gasteiger partial charge in [0.05, 0.1) is 5.75 Å². The molecule has 1 aliphatic rings. The second kappa shape index (κ2) is 4.73. The number of hydrazine groups is 1. The minimum Gasteiger partial charge on any atom is -0.322 e. The Hall–Kier alpha value is -1.24. The number of carbonyl (C=O) groups excluding carboxylic acids is 3. The number of amides is 4. The maximum Gasteiger partial charge on any atom is 0.344 e. The monoisotopic (exact) mass is 245 g/mol. The van der Waals surface area contributed by atoms with Crippen molar-refractivity contribution in [3.8, 4) is 0 Å². The van der Waals surface area contributed by atoms with Gasteiger partial charge >= 0.3 is 6.03 Å². The molecular weight excluding hydrogens is 230 g/mol. The number of rotatable bonds is 4. The van der Waals surface area contributed by atoms with Crippen molar-refractivity contribution in [1.82, 2.24) is 15.8 Å². The van der Waals surface area contributed by atoms with Crippen LogP contribution in [0.2, 0.25) is 0 Å². The number of nitrogens with one attached hydrogen (secondary N) is 2. The molecule has 90 valence electrons. The van der Waals surface area contributed by atoms with E-state index in [-0.39, 0.29) is 11.7 Å². The molecule has 0 saturated carbocycles. The van der Waals surface area contributed by atoms with Crippen LogP contribution in [0.3, 0.4) is 0 Å². The van der Waals surface area contributed by atoms with Crippen molar-refractivity contribution >= 4 is 29.6 Å². The number of urea groups is 1. The highest BCUT2D eigenvalue weighted by Crippen LogP contribution is 2.19. The topological polar surface area (TPSA) is 78.5 Å². The van der Waals surface area contributed by atoms with Crippen LogP contribution in [-0.4, -0.2) is 40.4 Å². The molecular formula is C9H15N3O3S. The summed E-state index contributed by atoms with van der Waals surface area (Å²) in [5.41, 5.74) is 1.37. The van der Waals surface area contributed by atoms with Crippen LogP contribution in [0.1, 0.15) is 20.3 Å². The Bertz CT molecular complexity index is 334. The van der Waals surface area contributed by atoms with Crippen LogP contribution in [0.4, 0.5) is 4.79 Å². The number of hydrogen-bond acceptors (Lipinski definition) is 4. The fourth-order valence-electron chi connectivity index (χ4n) is 1.31. The normalized spacial score (nSPS) is 24.6. The second-order valence-corrected chi connectivity index (χ2v) is 4.59. The number of carbonyl (C=O) groups is 3. The Kier molecular flexibility index (Phi) is 3.79. The van der Waals surface area contributed by atoms with Crippen molar-refractivity contribution in [1.29, 1.82) is 0 Å². The first-order valence-corrected chi connectivity index (χ1v) is 6.29. The van der Waals surface area contributed by atoms with Crippen molar-refractivity contribution in [2.45, 2.75) is 25.8 Å². The van der Waals surface area contributed by atoms with Gasteiger partial charge in [-0.3, -0.25) is 15.0 Å². The van der Waals surface area contributed by atoms with Crippen LogP contribution < -0.4 is 10.7 Å². The van der Waals surface area contributed by atoms with Crippen LogP contribution in [0.25, 0.3) is 0 Å². The summed E-state index contributed by atoms with van der Waals surface area (Å²) in [7, 11) is 0. The van der Waals surface area contributed by atoms with Gasteiger partial charge in [-0.05, 0) is 19.6 Å². The molecule has 0 aromatic rings. The molecule has 16 heavy (non-hydrogen) atoms. The minimum absolute atomic E-state index is 0.208. The van der Waals surface area contributed by atoms with Crippen molar-refractivity contribution in [2.24, 2.45) is 0 Å². The van der Waals surface area contributed by atoms with E-state index in [1.807, 2.05) is 0 Å². The van der Waals surface area contributed by atoms with E-state index in [1.54, 1.807) is 20.1 Å². The Labute approximate surface area is 98.1 Å². The maximum absolute atomic E-state index is 11.8. The molecule has 1 fully saturated rings. The third-order valence-corrected chi connectivity index (χ3v) is 3.03. The summed E-state index contributed by atoms with van der Waals surface area (Å²) in [5.74, 6) is -0.578. The van der Waals surface area contributed by atoms with Gasteiger partial charge in [-0.25, -0.2) is 4.79 Å². The lowest BCUT2D eigenvalue weighted by Gasteiger charge is -2.19. The molecule has 1 aliphatic heterocycles. The average molecular weight is 245 g/mol. The first kappa shape index (κ1) is 12.8. The molecule has 0 radical (unpaired) electrons. The standard InChI is InChI=1S/C9H15N3O3S/c1-4-9(2)7(14)12(8(15)10-9)11-6(13)5-16-3/h4-5H2,1-3H3,(H,10,15)(H,11,13). The van der Waals surface area contributed by atoms with E-state index in [0.29, 0.717) is 6.42 Å². The number of nitrogens with zero attached hydrogens (tertiary/aromatic N) is 1. The van der Waals surface area contributed by atoms with Crippen molar-refractivity contribution in [3.05, 3.63) is 0 Å². The van der Waals surface area contributed by atoms with Crippen LogP contribution in [-0.2, 0) is 9.59 Å². The van der Waals surface area contributed by atoms with E-state index in [0.717, 1.165) is 5.01 Å². The van der Waals surface area contributed by atoms with Crippen LogP contribution >= 0.6 is 11.8 Å². The quantitative estimate of drug-likeness (QED) is 0.689. The number of imide groups is 1. The predicted molar refractivity (Wildman–Crippen MR) is 60.6 cm³/mol. The lowest BCUT2D eigenvalue weighted by Crippen LogP contribution is -2.49. The maximum atomic E-state index is 11.8. The highest BCUT2D eigenvalue weighted by molar-refractivity contribution is 7.99. The summed E-state index contributed by atoms with van der Waals surface area (Å²) in [4.78, 5) is 34.6. The molecule has 0 bridgehead atoms. The van der Waals surface area contributed by atoms with Gasteiger partial charge in [-0.1, -0.05) is 6.92 Å². The van der Waals surface area contributed by atoms with Gasteiger partial charge in [0.25, 0.3) is 5.91 Å². The largest absolute Gasteiger partial charge is 0.344 e. The van der Waals surface area contributed by atoms with Crippen molar-refractivity contribution < 1.29 is 14.4 Å². The molecule has 0 aliphatic carbocycles. The Morgan fingerprint density at radius 1 is 1.56 bits per heavy atom. The fourth-order valence-corrected chi connectivity index (χ4v) is 1.64. The van der Waals surface area contributed by atoms with Gasteiger partial charge in [0, 0.05) is 0 Å². The first-order valence-electron chi connectivity index (χ1n) is 4.89. The molecule has 6 nitrogen and oxygen atoms in total. The Morgan fingerprint density at radius 3 is 2.62 bits per heavy atom. The molecule has 0 aromatic carbocycles. The molecule has 7 heteroatoms. The zero-order chi connectivity index (χ0) is 12.3. The molecule has 1 atom stereocenters. The van der Waals surface area contributed by atoms with Gasteiger partial charge in [0.15, 0.2) is 0 Å². The lowest BCUT2D eigenvalue weighted by molar-refractivity contribution is -0.137.